The molecule has 2 bridgehead atoms. The number of nitrogens with zero attached hydrogens (tertiary/aromatic N) is 2. The molecule has 4 rings (SSSR count). The quantitative estimate of drug-likeness (QED) is 0.0514. The molecule has 1 amide bonds. The zero-order chi connectivity index (χ0) is 57.7. The molecule has 4 aliphatic rings. The minimum absolute atomic E-state index is 0.00482. The van der Waals surface area contributed by atoms with Gasteiger partial charge in [-0.3, -0.25) is 28.8 Å². The lowest BCUT2D eigenvalue weighted by Crippen LogP contribution is -2.61. The average Bonchev–Trinajstić information content (AvgIpc) is 3.43. The maximum absolute atomic E-state index is 14.6. The van der Waals surface area contributed by atoms with Crippen LogP contribution in [-0.4, -0.2) is 150 Å². The Kier molecular flexibility index (Phi) is 28.8. The molecule has 0 unspecified atom stereocenters. The molecule has 3 fully saturated rings. The van der Waals surface area contributed by atoms with Gasteiger partial charge in [0.15, 0.2) is 10.9 Å². The fourth-order valence-corrected chi connectivity index (χ4v) is 13.0. The fourth-order valence-electron chi connectivity index (χ4n) is 11.0. The SMILES string of the molecule is CO[C@H]1C[C@@H]2CC[C@@H](C)[C@@](O)(O2)C(=O)C(=O)N2CCCC[C@H]2C(=O)O[C@H]([C@H](C)C[C@@H]2CC[C@@H](OC(=O)CCC(=O)SSCCCN=S)[C@H](OC)C2)CC(=O)[C@H](C)/C=C(\C)[C@@H](O)[C@@H](OC)C(=O)[C@H](C)C[C@H](C)/C=C/C=CC=C1C. The van der Waals surface area contributed by atoms with E-state index in [0.717, 1.165) is 28.5 Å². The summed E-state index contributed by atoms with van der Waals surface area (Å²) in [6, 6.07) is -1.19. The second-order valence-corrected chi connectivity index (χ2v) is 24.8. The van der Waals surface area contributed by atoms with Gasteiger partial charge in [0.1, 0.15) is 36.2 Å². The first kappa shape index (κ1) is 67.0. The lowest BCUT2D eigenvalue weighted by Gasteiger charge is -2.42. The highest BCUT2D eigenvalue weighted by molar-refractivity contribution is 8.82. The maximum Gasteiger partial charge on any atom is 0.329 e. The number of amides is 1. The van der Waals surface area contributed by atoms with Crippen LogP contribution in [0.15, 0.2) is 52.0 Å². The Morgan fingerprint density at radius 3 is 2.33 bits per heavy atom. The van der Waals surface area contributed by atoms with Crippen LogP contribution in [-0.2, 0) is 74.4 Å². The molecule has 15 atom stereocenters. The highest BCUT2D eigenvalue weighted by Crippen LogP contribution is 2.38. The Morgan fingerprint density at radius 1 is 0.897 bits per heavy atom. The molecule has 0 aromatic carbocycles. The van der Waals surface area contributed by atoms with E-state index >= 15 is 0 Å². The number of aliphatic hydroxyl groups is 2. The predicted octanol–water partition coefficient (Wildman–Crippen LogP) is 8.54. The number of esters is 2. The van der Waals surface area contributed by atoms with Crippen molar-refractivity contribution >= 4 is 74.3 Å². The van der Waals surface area contributed by atoms with Gasteiger partial charge in [-0.2, -0.15) is 0 Å². The van der Waals surface area contributed by atoms with Gasteiger partial charge in [0, 0.05) is 83.1 Å². The molecule has 438 valence electrons. The largest absolute Gasteiger partial charge is 0.460 e. The third-order valence-corrected chi connectivity index (χ3v) is 18.5. The minimum atomic E-state index is -2.47. The molecule has 0 aromatic rings. The van der Waals surface area contributed by atoms with Crippen molar-refractivity contribution in [3.05, 3.63) is 47.6 Å². The van der Waals surface area contributed by atoms with E-state index in [2.05, 4.69) is 16.8 Å². The van der Waals surface area contributed by atoms with Crippen LogP contribution in [0.5, 0.6) is 0 Å². The van der Waals surface area contributed by atoms with Gasteiger partial charge >= 0.3 is 11.9 Å². The second kappa shape index (κ2) is 33.5. The van der Waals surface area contributed by atoms with Gasteiger partial charge in [-0.1, -0.05) is 81.9 Å². The lowest BCUT2D eigenvalue weighted by molar-refractivity contribution is -0.265. The lowest BCUT2D eigenvalue weighted by atomic mass is 9.78. The molecule has 3 aliphatic heterocycles. The molecule has 2 N–H and O–H groups in total. The van der Waals surface area contributed by atoms with E-state index in [1.807, 2.05) is 51.2 Å². The van der Waals surface area contributed by atoms with Crippen LogP contribution in [0.4, 0.5) is 0 Å². The van der Waals surface area contributed by atoms with E-state index in [-0.39, 0.29) is 60.7 Å². The Morgan fingerprint density at radius 2 is 1.64 bits per heavy atom. The maximum atomic E-state index is 14.6. The monoisotopic (exact) mass is 1150 g/mol. The fraction of sp³-hybridized carbons (Fsp3) is 0.741. The van der Waals surface area contributed by atoms with Crippen LogP contribution in [0, 0.1) is 35.5 Å². The first-order chi connectivity index (χ1) is 37.1. The minimum Gasteiger partial charge on any atom is -0.460 e. The number of aliphatic hydroxyl groups excluding tert-OH is 1. The number of carbonyl (C=O) groups excluding carboxylic acids is 7. The number of ether oxygens (including phenoxy) is 6. The van der Waals surface area contributed by atoms with Crippen molar-refractivity contribution in [1.82, 2.24) is 4.90 Å². The molecule has 1 saturated carbocycles. The molecule has 20 heteroatoms. The number of piperidine rings is 1. The topological polar surface area (TPSA) is 231 Å². The zero-order valence-electron chi connectivity index (χ0n) is 47.6. The van der Waals surface area contributed by atoms with Gasteiger partial charge in [0.2, 0.25) is 5.79 Å². The summed E-state index contributed by atoms with van der Waals surface area (Å²) in [5.74, 6) is -8.29. The van der Waals surface area contributed by atoms with Crippen LogP contribution in [0.25, 0.3) is 0 Å². The van der Waals surface area contributed by atoms with Crippen LogP contribution >= 0.6 is 21.6 Å². The Labute approximate surface area is 476 Å². The van der Waals surface area contributed by atoms with Crippen molar-refractivity contribution in [2.45, 2.75) is 199 Å². The van der Waals surface area contributed by atoms with E-state index in [1.165, 1.54) is 22.8 Å². The number of allylic oxidation sites excluding steroid dienone is 6. The molecule has 0 aromatic heterocycles. The highest BCUT2D eigenvalue weighted by atomic mass is 33.1. The summed E-state index contributed by atoms with van der Waals surface area (Å²) in [5.41, 5.74) is 1.22. The second-order valence-electron chi connectivity index (χ2n) is 22.0. The summed E-state index contributed by atoms with van der Waals surface area (Å²) in [5, 5.41) is 23.5. The third kappa shape index (κ3) is 19.9. The molecular formula is C58H88N2O15S3. The number of fused-ring (bicyclic) bond motifs is 3. The summed E-state index contributed by atoms with van der Waals surface area (Å²) < 4.78 is 39.3. The summed E-state index contributed by atoms with van der Waals surface area (Å²) >= 11 is 4.60. The van der Waals surface area contributed by atoms with Crippen molar-refractivity contribution in [3.63, 3.8) is 0 Å². The Bertz CT molecular complexity index is 2170. The number of Topliss-reactive ketones (excluding diaryl/α,β-unsaturated/α-hetero) is 3. The Balaban J connectivity index is 1.62. The number of methoxy groups -OCH3 is 3. The van der Waals surface area contributed by atoms with E-state index in [9.17, 15) is 43.8 Å². The summed E-state index contributed by atoms with van der Waals surface area (Å²) in [7, 11) is 6.99. The molecule has 1 aliphatic carbocycles. The van der Waals surface area contributed by atoms with Gasteiger partial charge in [-0.25, -0.2) is 9.16 Å². The van der Waals surface area contributed by atoms with Crippen LogP contribution in [0.2, 0.25) is 0 Å². The van der Waals surface area contributed by atoms with Crippen LogP contribution < -0.4 is 0 Å². The number of carbonyl (C=O) groups is 7. The third-order valence-electron chi connectivity index (χ3n) is 15.9. The smallest absolute Gasteiger partial charge is 0.329 e. The number of ketones is 3. The van der Waals surface area contributed by atoms with Gasteiger partial charge in [-0.05, 0) is 124 Å². The number of rotatable bonds is 15. The van der Waals surface area contributed by atoms with Crippen molar-refractivity contribution in [3.8, 4) is 0 Å². The van der Waals surface area contributed by atoms with Crippen molar-refractivity contribution in [2.75, 3.05) is 40.2 Å². The van der Waals surface area contributed by atoms with Crippen molar-refractivity contribution in [2.24, 2.45) is 39.9 Å². The van der Waals surface area contributed by atoms with Crippen molar-refractivity contribution < 1.29 is 72.2 Å². The van der Waals surface area contributed by atoms with Gasteiger partial charge in [0.05, 0.1) is 31.3 Å². The van der Waals surface area contributed by atoms with E-state index < -0.39 is 102 Å². The number of cyclic esters (lactones) is 1. The first-order valence-electron chi connectivity index (χ1n) is 27.9. The number of hydrogen-bond donors (Lipinski definition) is 2. The molecule has 0 spiro atoms. The molecular weight excluding hydrogens is 1060 g/mol. The summed E-state index contributed by atoms with van der Waals surface area (Å²) in [6.07, 6.45) is 11.0. The summed E-state index contributed by atoms with van der Waals surface area (Å²) in [6.45, 7) is 13.2. The zero-order valence-corrected chi connectivity index (χ0v) is 50.0. The first-order valence-corrected chi connectivity index (χ1v) is 30.6. The highest BCUT2D eigenvalue weighted by Gasteiger charge is 2.53. The van der Waals surface area contributed by atoms with Gasteiger partial charge in [0.25, 0.3) is 11.7 Å². The number of hydrogen-bond acceptors (Lipinski definition) is 19. The van der Waals surface area contributed by atoms with E-state index in [4.69, 9.17) is 28.4 Å². The standard InChI is InChI=1S/C58H88N2O15S3/c1-35-17-12-11-13-18-36(2)47(70-8)33-43-22-20-41(7)58(69,75-43)55(66)56(67)60-27-15-14-19-44(60)57(68)74-48(34-45(61)37(3)30-40(6)53(65)54(72-10)52(64)39(5)29-35)38(4)31-42-21-23-46(49(32-42)71-9)73-50(62)24-25-51(63)78-77-28-16-26-59-76/h11-13,17-18,30,35,37-39,41-44,46-49,53-54,65,69H,14-16,19-29,31-34H2,1-10H3/b13-11?,17-12+,36-18?,40-30+/t35-,37-,38-,39-,41-,42+,43+,44+,46-,47+,48+,49-,53-,54+,58-/m1/s1. The van der Waals surface area contributed by atoms with Gasteiger partial charge in [-0.15, -0.1) is 0 Å². The van der Waals surface area contributed by atoms with E-state index in [0.29, 0.717) is 76.3 Å². The van der Waals surface area contributed by atoms with Gasteiger partial charge < -0.3 is 43.5 Å². The molecule has 2 saturated heterocycles. The summed E-state index contributed by atoms with van der Waals surface area (Å²) in [4.78, 5) is 98.0. The molecule has 17 nitrogen and oxygen atoms in total. The normalized spacial score (nSPS) is 34.4. The van der Waals surface area contributed by atoms with Crippen LogP contribution in [0.1, 0.15) is 145 Å². The molecule has 3 heterocycles. The molecule has 0 radical (unpaired) electrons. The Hall–Kier alpha value is -3.47. The average molecular weight is 1150 g/mol. The van der Waals surface area contributed by atoms with Crippen molar-refractivity contribution in [1.29, 1.82) is 0 Å². The van der Waals surface area contributed by atoms with E-state index in [1.54, 1.807) is 48.0 Å². The molecule has 78 heavy (non-hydrogen) atoms. The predicted molar refractivity (Wildman–Crippen MR) is 303 cm³/mol. The van der Waals surface area contributed by atoms with Crippen LogP contribution in [0.3, 0.4) is 0 Å².